The van der Waals surface area contributed by atoms with Gasteiger partial charge in [-0.1, -0.05) is 30.3 Å². The van der Waals surface area contributed by atoms with E-state index in [0.717, 1.165) is 12.1 Å². The van der Waals surface area contributed by atoms with Crippen LogP contribution in [0.15, 0.2) is 48.5 Å². The Bertz CT molecular complexity index is 569. The van der Waals surface area contributed by atoms with Gasteiger partial charge in [-0.2, -0.15) is 0 Å². The standard InChI is InChI=1S/C14H10F2O2/c15-11-6-7-12(13(16)8-11)14(18,9-17)10-4-2-1-3-5-10/h1-9,18H. The summed E-state index contributed by atoms with van der Waals surface area (Å²) in [5.74, 6) is -1.73. The highest BCUT2D eigenvalue weighted by Gasteiger charge is 2.33. The molecule has 1 N–H and O–H groups in total. The fourth-order valence-corrected chi connectivity index (χ4v) is 1.78. The molecule has 0 heterocycles. The van der Waals surface area contributed by atoms with E-state index in [9.17, 15) is 18.7 Å². The van der Waals surface area contributed by atoms with E-state index < -0.39 is 17.2 Å². The van der Waals surface area contributed by atoms with Crippen LogP contribution in [0.1, 0.15) is 11.1 Å². The zero-order valence-corrected chi connectivity index (χ0v) is 9.31. The number of carbonyl (C=O) groups excluding carboxylic acids is 1. The maximum Gasteiger partial charge on any atom is 0.173 e. The number of halogens is 2. The topological polar surface area (TPSA) is 37.3 Å². The van der Waals surface area contributed by atoms with Gasteiger partial charge in [-0.05, 0) is 17.7 Å². The molecule has 18 heavy (non-hydrogen) atoms. The van der Waals surface area contributed by atoms with Gasteiger partial charge in [0.2, 0.25) is 0 Å². The summed E-state index contributed by atoms with van der Waals surface area (Å²) in [6.07, 6.45) is 0.235. The molecule has 0 aliphatic carbocycles. The van der Waals surface area contributed by atoms with E-state index in [2.05, 4.69) is 0 Å². The summed E-state index contributed by atoms with van der Waals surface area (Å²) in [5.41, 5.74) is -2.16. The van der Waals surface area contributed by atoms with Crippen LogP contribution >= 0.6 is 0 Å². The van der Waals surface area contributed by atoms with Crippen molar-refractivity contribution in [2.45, 2.75) is 5.60 Å². The van der Waals surface area contributed by atoms with Gasteiger partial charge in [0.1, 0.15) is 11.6 Å². The number of aliphatic hydroxyl groups is 1. The molecule has 92 valence electrons. The fraction of sp³-hybridized carbons (Fsp3) is 0.0714. The summed E-state index contributed by atoms with van der Waals surface area (Å²) >= 11 is 0. The Hall–Kier alpha value is -2.07. The molecule has 4 heteroatoms. The number of benzene rings is 2. The number of hydrogen-bond acceptors (Lipinski definition) is 2. The summed E-state index contributed by atoms with van der Waals surface area (Å²) in [6.45, 7) is 0. The van der Waals surface area contributed by atoms with Gasteiger partial charge in [-0.25, -0.2) is 8.78 Å². The van der Waals surface area contributed by atoms with Crippen LogP contribution in [0, 0.1) is 11.6 Å². The quantitative estimate of drug-likeness (QED) is 0.847. The predicted octanol–water partition coefficient (Wildman–Crippen LogP) is 2.40. The molecule has 0 spiro atoms. The van der Waals surface area contributed by atoms with Crippen molar-refractivity contribution in [3.05, 3.63) is 71.3 Å². The van der Waals surface area contributed by atoms with E-state index in [1.807, 2.05) is 0 Å². The maximum atomic E-state index is 13.7. The van der Waals surface area contributed by atoms with E-state index in [-0.39, 0.29) is 17.4 Å². The minimum Gasteiger partial charge on any atom is -0.373 e. The van der Waals surface area contributed by atoms with Crippen molar-refractivity contribution in [2.24, 2.45) is 0 Å². The largest absolute Gasteiger partial charge is 0.373 e. The lowest BCUT2D eigenvalue weighted by atomic mass is 9.87. The van der Waals surface area contributed by atoms with E-state index in [4.69, 9.17) is 0 Å². The SMILES string of the molecule is O=CC(O)(c1ccccc1)c1ccc(F)cc1F. The van der Waals surface area contributed by atoms with E-state index >= 15 is 0 Å². The second-order valence-corrected chi connectivity index (χ2v) is 3.87. The Morgan fingerprint density at radius 2 is 1.72 bits per heavy atom. The molecule has 0 bridgehead atoms. The summed E-state index contributed by atoms with van der Waals surface area (Å²) in [6, 6.07) is 10.6. The van der Waals surface area contributed by atoms with Gasteiger partial charge in [0.15, 0.2) is 11.9 Å². The summed E-state index contributed by atoms with van der Waals surface area (Å²) in [5, 5.41) is 10.3. The monoisotopic (exact) mass is 248 g/mol. The van der Waals surface area contributed by atoms with Crippen LogP contribution in [-0.4, -0.2) is 11.4 Å². The minimum atomic E-state index is -2.11. The molecule has 2 rings (SSSR count). The van der Waals surface area contributed by atoms with Gasteiger partial charge in [-0.3, -0.25) is 4.79 Å². The third-order valence-corrected chi connectivity index (χ3v) is 2.73. The molecule has 2 nitrogen and oxygen atoms in total. The Balaban J connectivity index is 2.60. The predicted molar refractivity (Wildman–Crippen MR) is 61.9 cm³/mol. The van der Waals surface area contributed by atoms with Crippen molar-refractivity contribution in [3.8, 4) is 0 Å². The Labute approximate surface area is 103 Å². The van der Waals surface area contributed by atoms with Crippen molar-refractivity contribution < 1.29 is 18.7 Å². The van der Waals surface area contributed by atoms with Crippen LogP contribution in [0.2, 0.25) is 0 Å². The third kappa shape index (κ3) is 2.02. The van der Waals surface area contributed by atoms with Gasteiger partial charge in [0.05, 0.1) is 0 Å². The second-order valence-electron chi connectivity index (χ2n) is 3.87. The van der Waals surface area contributed by atoms with E-state index in [1.165, 1.54) is 12.1 Å². The smallest absolute Gasteiger partial charge is 0.173 e. The molecule has 2 aromatic rings. The van der Waals surface area contributed by atoms with E-state index in [1.54, 1.807) is 18.2 Å². The first-order valence-electron chi connectivity index (χ1n) is 5.27. The maximum absolute atomic E-state index is 13.7. The fourth-order valence-electron chi connectivity index (χ4n) is 1.78. The number of carbonyl (C=O) groups is 1. The highest BCUT2D eigenvalue weighted by molar-refractivity contribution is 5.72. The van der Waals surface area contributed by atoms with Crippen molar-refractivity contribution in [1.82, 2.24) is 0 Å². The first kappa shape index (κ1) is 12.4. The molecule has 0 saturated carbocycles. The van der Waals surface area contributed by atoms with Crippen LogP contribution < -0.4 is 0 Å². The van der Waals surface area contributed by atoms with Gasteiger partial charge >= 0.3 is 0 Å². The molecule has 0 radical (unpaired) electrons. The average Bonchev–Trinajstić information content (AvgIpc) is 2.39. The van der Waals surface area contributed by atoms with Crippen LogP contribution in [0.4, 0.5) is 8.78 Å². The third-order valence-electron chi connectivity index (χ3n) is 2.73. The van der Waals surface area contributed by atoms with Crippen LogP contribution in [-0.2, 0) is 10.4 Å². The normalized spacial score (nSPS) is 13.9. The Morgan fingerprint density at radius 3 is 2.28 bits per heavy atom. The average molecular weight is 248 g/mol. The van der Waals surface area contributed by atoms with Gasteiger partial charge in [-0.15, -0.1) is 0 Å². The number of rotatable bonds is 3. The number of hydrogen-bond donors (Lipinski definition) is 1. The minimum absolute atomic E-state index is 0.227. The molecule has 2 aromatic carbocycles. The lowest BCUT2D eigenvalue weighted by Gasteiger charge is -2.23. The second kappa shape index (κ2) is 4.66. The molecule has 0 fully saturated rings. The first-order chi connectivity index (χ1) is 8.58. The van der Waals surface area contributed by atoms with Crippen molar-refractivity contribution in [3.63, 3.8) is 0 Å². The molecular formula is C14H10F2O2. The first-order valence-corrected chi connectivity index (χ1v) is 5.27. The van der Waals surface area contributed by atoms with Gasteiger partial charge < -0.3 is 5.11 Å². The molecule has 1 atom stereocenters. The lowest BCUT2D eigenvalue weighted by molar-refractivity contribution is -0.121. The van der Waals surface area contributed by atoms with Crippen LogP contribution in [0.25, 0.3) is 0 Å². The molecule has 0 aliphatic heterocycles. The Kier molecular flexibility index (Phi) is 3.21. The molecule has 0 saturated heterocycles. The zero-order valence-electron chi connectivity index (χ0n) is 9.31. The lowest BCUT2D eigenvalue weighted by Crippen LogP contribution is -2.30. The van der Waals surface area contributed by atoms with Crippen molar-refractivity contribution in [2.75, 3.05) is 0 Å². The van der Waals surface area contributed by atoms with Crippen molar-refractivity contribution in [1.29, 1.82) is 0 Å². The van der Waals surface area contributed by atoms with Gasteiger partial charge in [0.25, 0.3) is 0 Å². The van der Waals surface area contributed by atoms with Crippen molar-refractivity contribution >= 4 is 6.29 Å². The summed E-state index contributed by atoms with van der Waals surface area (Å²) in [4.78, 5) is 11.2. The molecular weight excluding hydrogens is 238 g/mol. The molecule has 0 aliphatic rings. The van der Waals surface area contributed by atoms with Gasteiger partial charge in [0, 0.05) is 11.6 Å². The summed E-state index contributed by atoms with van der Waals surface area (Å²) in [7, 11) is 0. The molecule has 1 unspecified atom stereocenters. The summed E-state index contributed by atoms with van der Waals surface area (Å²) < 4.78 is 26.5. The zero-order chi connectivity index (χ0) is 13.2. The number of aldehydes is 1. The molecule has 0 aromatic heterocycles. The highest BCUT2D eigenvalue weighted by atomic mass is 19.1. The van der Waals surface area contributed by atoms with Crippen LogP contribution in [0.3, 0.4) is 0 Å². The molecule has 0 amide bonds. The Morgan fingerprint density at radius 1 is 1.06 bits per heavy atom. The van der Waals surface area contributed by atoms with E-state index in [0.29, 0.717) is 6.07 Å². The highest BCUT2D eigenvalue weighted by Crippen LogP contribution is 2.29. The van der Waals surface area contributed by atoms with Crippen LogP contribution in [0.5, 0.6) is 0 Å².